The minimum atomic E-state index is -4.26. The van der Waals surface area contributed by atoms with Gasteiger partial charge in [0, 0.05) is 11.6 Å². The van der Waals surface area contributed by atoms with E-state index in [9.17, 15) is 17.2 Å². The number of rotatable bonds is 10. The van der Waals surface area contributed by atoms with Crippen LogP contribution in [0.4, 0.5) is 8.78 Å². The smallest absolute Gasteiger partial charge is 0.252 e. The molecule has 0 amide bonds. The van der Waals surface area contributed by atoms with Gasteiger partial charge >= 0.3 is 0 Å². The molecular formula is C15H20ClF2NO4S. The molecule has 0 spiro atoms. The predicted molar refractivity (Wildman–Crippen MR) is 86.1 cm³/mol. The van der Waals surface area contributed by atoms with E-state index in [0.29, 0.717) is 16.8 Å². The van der Waals surface area contributed by atoms with Crippen LogP contribution in [-0.2, 0) is 10.0 Å². The summed E-state index contributed by atoms with van der Waals surface area (Å²) in [6.45, 7) is -1.65. The van der Waals surface area contributed by atoms with Crippen LogP contribution in [0, 0.1) is 5.92 Å². The maximum atomic E-state index is 12.7. The average molecular weight is 384 g/mol. The zero-order chi connectivity index (χ0) is 17.7. The highest BCUT2D eigenvalue weighted by atomic mass is 35.5. The second kappa shape index (κ2) is 8.42. The molecule has 2 rings (SSSR count). The van der Waals surface area contributed by atoms with Crippen LogP contribution in [0.2, 0.25) is 5.02 Å². The Morgan fingerprint density at radius 2 is 2.08 bits per heavy atom. The molecule has 0 aliphatic heterocycles. The monoisotopic (exact) mass is 383 g/mol. The van der Waals surface area contributed by atoms with Crippen molar-refractivity contribution < 1.29 is 27.0 Å². The standard InChI is InChI=1S/C15H20ClF2NO4S/c16-12-3-4-13(23-8-5-11-1-2-11)14(9-12)24(21,22)19(6-7-20)10-15(17)18/h3-4,9,11,15,20H,1-2,5-8,10H2. The van der Waals surface area contributed by atoms with Crippen molar-refractivity contribution in [1.82, 2.24) is 4.31 Å². The van der Waals surface area contributed by atoms with Gasteiger partial charge in [0.15, 0.2) is 0 Å². The second-order valence-corrected chi connectivity index (χ2v) is 7.99. The second-order valence-electron chi connectivity index (χ2n) is 5.65. The summed E-state index contributed by atoms with van der Waals surface area (Å²) in [4.78, 5) is -0.264. The Balaban J connectivity index is 2.26. The van der Waals surface area contributed by atoms with Gasteiger partial charge in [-0.25, -0.2) is 17.2 Å². The molecular weight excluding hydrogens is 364 g/mol. The van der Waals surface area contributed by atoms with Crippen LogP contribution >= 0.6 is 11.6 Å². The van der Waals surface area contributed by atoms with Gasteiger partial charge in [0.2, 0.25) is 10.0 Å². The molecule has 5 nitrogen and oxygen atoms in total. The molecule has 1 N–H and O–H groups in total. The number of nitrogens with zero attached hydrogens (tertiary/aromatic N) is 1. The van der Waals surface area contributed by atoms with Crippen molar-refractivity contribution in [2.45, 2.75) is 30.6 Å². The van der Waals surface area contributed by atoms with Gasteiger partial charge in [-0.2, -0.15) is 4.31 Å². The summed E-state index contributed by atoms with van der Waals surface area (Å²) in [7, 11) is -4.26. The van der Waals surface area contributed by atoms with Gasteiger partial charge in [-0.3, -0.25) is 0 Å². The van der Waals surface area contributed by atoms with Crippen molar-refractivity contribution in [3.8, 4) is 5.75 Å². The van der Waals surface area contributed by atoms with Crippen molar-refractivity contribution in [2.24, 2.45) is 5.92 Å². The first-order valence-corrected chi connectivity index (χ1v) is 9.48. The van der Waals surface area contributed by atoms with E-state index < -0.39 is 36.1 Å². The summed E-state index contributed by atoms with van der Waals surface area (Å²) in [6, 6.07) is 4.08. The van der Waals surface area contributed by atoms with E-state index in [-0.39, 0.29) is 15.7 Å². The van der Waals surface area contributed by atoms with E-state index in [1.807, 2.05) is 0 Å². The van der Waals surface area contributed by atoms with Crippen molar-refractivity contribution in [1.29, 1.82) is 0 Å². The molecule has 1 aromatic rings. The maximum Gasteiger partial charge on any atom is 0.252 e. The highest BCUT2D eigenvalue weighted by Crippen LogP contribution is 2.34. The van der Waals surface area contributed by atoms with Crippen LogP contribution in [0.5, 0.6) is 5.75 Å². The fourth-order valence-electron chi connectivity index (χ4n) is 2.26. The molecule has 1 fully saturated rings. The third kappa shape index (κ3) is 5.27. The Labute approximate surface area is 145 Å². The minimum Gasteiger partial charge on any atom is -0.492 e. The molecule has 9 heteroatoms. The number of sulfonamides is 1. The normalized spacial score (nSPS) is 15.2. The van der Waals surface area contributed by atoms with Crippen LogP contribution in [0.15, 0.2) is 23.1 Å². The molecule has 1 aliphatic rings. The van der Waals surface area contributed by atoms with Crippen LogP contribution in [-0.4, -0.2) is 50.6 Å². The Morgan fingerprint density at radius 1 is 1.38 bits per heavy atom. The summed E-state index contributed by atoms with van der Waals surface area (Å²) >= 11 is 5.87. The summed E-state index contributed by atoms with van der Waals surface area (Å²) in [5, 5.41) is 9.14. The Morgan fingerprint density at radius 3 is 2.67 bits per heavy atom. The maximum absolute atomic E-state index is 12.7. The van der Waals surface area contributed by atoms with Gasteiger partial charge in [-0.1, -0.05) is 24.4 Å². The molecule has 24 heavy (non-hydrogen) atoms. The van der Waals surface area contributed by atoms with Gasteiger partial charge in [-0.15, -0.1) is 0 Å². The van der Waals surface area contributed by atoms with E-state index in [1.54, 1.807) is 0 Å². The number of hydrogen-bond acceptors (Lipinski definition) is 4. The van der Waals surface area contributed by atoms with Gasteiger partial charge in [0.25, 0.3) is 6.43 Å². The molecule has 0 unspecified atom stereocenters. The molecule has 0 bridgehead atoms. The highest BCUT2D eigenvalue weighted by molar-refractivity contribution is 7.89. The third-order valence-electron chi connectivity index (χ3n) is 3.70. The lowest BCUT2D eigenvalue weighted by Crippen LogP contribution is -2.37. The van der Waals surface area contributed by atoms with Gasteiger partial charge in [0.05, 0.1) is 19.8 Å². The van der Waals surface area contributed by atoms with Crippen LogP contribution < -0.4 is 4.74 Å². The fourth-order valence-corrected chi connectivity index (χ4v) is 4.06. The molecule has 0 heterocycles. The first-order chi connectivity index (χ1) is 11.3. The zero-order valence-electron chi connectivity index (χ0n) is 13.0. The Hall–Kier alpha value is -0.960. The Kier molecular flexibility index (Phi) is 6.79. The topological polar surface area (TPSA) is 66.8 Å². The summed E-state index contributed by atoms with van der Waals surface area (Å²) in [6.07, 6.45) is 0.255. The molecule has 1 aliphatic carbocycles. The van der Waals surface area contributed by atoms with Crippen molar-refractivity contribution in [3.05, 3.63) is 23.2 Å². The van der Waals surface area contributed by atoms with Crippen LogP contribution in [0.1, 0.15) is 19.3 Å². The molecule has 0 atom stereocenters. The lowest BCUT2D eigenvalue weighted by molar-refractivity contribution is 0.113. The summed E-state index contributed by atoms with van der Waals surface area (Å²) in [5.74, 6) is 0.694. The molecule has 0 radical (unpaired) electrons. The molecule has 0 aromatic heterocycles. The SMILES string of the molecule is O=S(=O)(c1cc(Cl)ccc1OCCC1CC1)N(CCO)CC(F)F. The Bertz CT molecular complexity index is 653. The first kappa shape index (κ1) is 19.4. The molecule has 1 saturated carbocycles. The first-order valence-electron chi connectivity index (χ1n) is 7.66. The van der Waals surface area contributed by atoms with E-state index in [2.05, 4.69) is 0 Å². The average Bonchev–Trinajstić information content (AvgIpc) is 3.32. The van der Waals surface area contributed by atoms with Crippen LogP contribution in [0.3, 0.4) is 0 Å². The number of aliphatic hydroxyl groups is 1. The van der Waals surface area contributed by atoms with Gasteiger partial charge < -0.3 is 9.84 Å². The van der Waals surface area contributed by atoms with Gasteiger partial charge in [-0.05, 0) is 30.5 Å². The largest absolute Gasteiger partial charge is 0.492 e. The fraction of sp³-hybridized carbons (Fsp3) is 0.600. The number of halogens is 3. The summed E-state index contributed by atoms with van der Waals surface area (Å²) < 4.78 is 56.8. The third-order valence-corrected chi connectivity index (χ3v) is 5.82. The van der Waals surface area contributed by atoms with Gasteiger partial charge in [0.1, 0.15) is 10.6 Å². The number of ether oxygens (including phenoxy) is 1. The van der Waals surface area contributed by atoms with Crippen molar-refractivity contribution in [2.75, 3.05) is 26.3 Å². The summed E-state index contributed by atoms with van der Waals surface area (Å²) in [5.41, 5.74) is 0. The van der Waals surface area contributed by atoms with E-state index in [4.69, 9.17) is 21.4 Å². The molecule has 1 aromatic carbocycles. The lowest BCUT2D eigenvalue weighted by atomic mass is 10.3. The lowest BCUT2D eigenvalue weighted by Gasteiger charge is -2.22. The van der Waals surface area contributed by atoms with E-state index >= 15 is 0 Å². The highest BCUT2D eigenvalue weighted by Gasteiger charge is 2.30. The molecule has 0 saturated heterocycles. The van der Waals surface area contributed by atoms with E-state index in [0.717, 1.165) is 19.3 Å². The van der Waals surface area contributed by atoms with Crippen molar-refractivity contribution in [3.63, 3.8) is 0 Å². The quantitative estimate of drug-likeness (QED) is 0.674. The predicted octanol–water partition coefficient (Wildman–Crippen LogP) is 2.77. The number of hydrogen-bond donors (Lipinski definition) is 1. The number of alkyl halides is 2. The number of aliphatic hydroxyl groups excluding tert-OH is 1. The molecule has 136 valence electrons. The van der Waals surface area contributed by atoms with Crippen molar-refractivity contribution >= 4 is 21.6 Å². The van der Waals surface area contributed by atoms with E-state index in [1.165, 1.54) is 18.2 Å². The minimum absolute atomic E-state index is 0.0808. The number of benzene rings is 1. The van der Waals surface area contributed by atoms with Crippen LogP contribution in [0.25, 0.3) is 0 Å². The zero-order valence-corrected chi connectivity index (χ0v) is 14.6.